The fourth-order valence-electron chi connectivity index (χ4n) is 0.855. The highest BCUT2D eigenvalue weighted by Gasteiger charge is 2.36. The summed E-state index contributed by atoms with van der Waals surface area (Å²) in [6.07, 6.45) is 0. The molecule has 0 atom stereocenters. The molecule has 0 aromatic rings. The maximum Gasteiger partial charge on any atom is 0.381 e. The van der Waals surface area contributed by atoms with E-state index in [0.717, 1.165) is 0 Å². The summed E-state index contributed by atoms with van der Waals surface area (Å²) in [5.74, 6) is 0.155. The van der Waals surface area contributed by atoms with E-state index in [4.69, 9.17) is 37.6 Å². The van der Waals surface area contributed by atoms with E-state index in [-0.39, 0.29) is 11.3 Å². The van der Waals surface area contributed by atoms with Crippen LogP contribution in [0.5, 0.6) is 0 Å². The minimum absolute atomic E-state index is 0.00508. The SMILES string of the molecule is CC(C)C(=S)OP1(=S)OCC(C)(C)CO1. The predicted octanol–water partition coefficient (Wildman–Crippen LogP) is 3.28. The van der Waals surface area contributed by atoms with Crippen LogP contribution in [0.15, 0.2) is 0 Å². The molecule has 88 valence electrons. The van der Waals surface area contributed by atoms with Crippen molar-refractivity contribution in [2.24, 2.45) is 11.3 Å². The first kappa shape index (κ1) is 13.5. The molecule has 0 N–H and O–H groups in total. The van der Waals surface area contributed by atoms with Crippen LogP contribution in [0.25, 0.3) is 0 Å². The Labute approximate surface area is 102 Å². The van der Waals surface area contributed by atoms with Gasteiger partial charge in [0.25, 0.3) is 0 Å². The third-order valence-electron chi connectivity index (χ3n) is 1.90. The maximum absolute atomic E-state index is 5.50. The van der Waals surface area contributed by atoms with Gasteiger partial charge in [-0.15, -0.1) is 0 Å². The van der Waals surface area contributed by atoms with Crippen molar-refractivity contribution in [3.8, 4) is 0 Å². The molecule has 0 bridgehead atoms. The van der Waals surface area contributed by atoms with Crippen molar-refractivity contribution in [1.29, 1.82) is 0 Å². The summed E-state index contributed by atoms with van der Waals surface area (Å²) >= 11 is 10.3. The highest BCUT2D eigenvalue weighted by molar-refractivity contribution is 8.08. The molecule has 1 aliphatic heterocycles. The Morgan fingerprint density at radius 1 is 1.33 bits per heavy atom. The molecule has 1 aliphatic rings. The van der Waals surface area contributed by atoms with Gasteiger partial charge in [-0.05, 0) is 12.2 Å². The molecule has 0 saturated carbocycles. The van der Waals surface area contributed by atoms with Crippen molar-refractivity contribution in [1.82, 2.24) is 0 Å². The molecule has 1 fully saturated rings. The van der Waals surface area contributed by atoms with E-state index in [1.807, 2.05) is 13.8 Å². The van der Waals surface area contributed by atoms with Crippen LogP contribution < -0.4 is 0 Å². The zero-order chi connectivity index (χ0) is 11.7. The maximum atomic E-state index is 5.50. The van der Waals surface area contributed by atoms with Crippen LogP contribution in [-0.2, 0) is 25.4 Å². The van der Waals surface area contributed by atoms with Crippen molar-refractivity contribution in [3.05, 3.63) is 0 Å². The van der Waals surface area contributed by atoms with E-state index in [2.05, 4.69) is 13.8 Å². The molecule has 0 spiro atoms. The molecule has 0 unspecified atom stereocenters. The van der Waals surface area contributed by atoms with Crippen LogP contribution in [-0.4, -0.2) is 18.3 Å². The smallest absolute Gasteiger partial charge is 0.381 e. The van der Waals surface area contributed by atoms with Gasteiger partial charge in [-0.3, -0.25) is 9.05 Å². The Kier molecular flexibility index (Phi) is 4.29. The summed E-state index contributed by atoms with van der Waals surface area (Å²) in [5.41, 5.74) is 0.00508. The average Bonchev–Trinajstić information content (AvgIpc) is 2.11. The molecule has 1 rings (SSSR count). The standard InChI is InChI=1S/C9H17O3PS2/c1-7(2)8(14)12-13(15)10-5-9(3,4)6-11-13/h7H,5-6H2,1-4H3. The first-order valence-corrected chi connectivity index (χ1v) is 7.83. The van der Waals surface area contributed by atoms with E-state index < -0.39 is 6.72 Å². The number of hydrogen-bond acceptors (Lipinski definition) is 5. The summed E-state index contributed by atoms with van der Waals surface area (Å²) in [6, 6.07) is 0. The molecule has 3 nitrogen and oxygen atoms in total. The van der Waals surface area contributed by atoms with Crippen LogP contribution in [0.1, 0.15) is 27.7 Å². The Balaban J connectivity index is 2.56. The van der Waals surface area contributed by atoms with Gasteiger partial charge in [0.15, 0.2) is 5.05 Å². The zero-order valence-electron chi connectivity index (χ0n) is 9.48. The minimum Gasteiger partial charge on any atom is -0.417 e. The molecule has 15 heavy (non-hydrogen) atoms. The van der Waals surface area contributed by atoms with E-state index in [9.17, 15) is 0 Å². The van der Waals surface area contributed by atoms with Gasteiger partial charge in [0.05, 0.1) is 13.2 Å². The molecule has 0 aromatic heterocycles. The summed E-state index contributed by atoms with van der Waals surface area (Å²) in [5, 5.41) is 0.470. The lowest BCUT2D eigenvalue weighted by Crippen LogP contribution is -2.30. The molecule has 6 heteroatoms. The number of rotatable bonds is 2. The predicted molar refractivity (Wildman–Crippen MR) is 68.5 cm³/mol. The lowest BCUT2D eigenvalue weighted by Gasteiger charge is -2.35. The number of thiocarbonyl (C=S) groups is 1. The summed E-state index contributed by atoms with van der Waals surface area (Å²) < 4.78 is 16.4. The second-order valence-corrected chi connectivity index (χ2v) is 8.06. The zero-order valence-corrected chi connectivity index (χ0v) is 12.0. The van der Waals surface area contributed by atoms with Gasteiger partial charge in [0.2, 0.25) is 0 Å². The van der Waals surface area contributed by atoms with Crippen LogP contribution in [0.4, 0.5) is 0 Å². The van der Waals surface area contributed by atoms with Gasteiger partial charge < -0.3 is 4.52 Å². The summed E-state index contributed by atoms with van der Waals surface area (Å²) in [4.78, 5) is 0. The average molecular weight is 268 g/mol. The molecule has 0 aromatic carbocycles. The lowest BCUT2D eigenvalue weighted by atomic mass is 9.97. The van der Waals surface area contributed by atoms with Crippen molar-refractivity contribution in [2.45, 2.75) is 27.7 Å². The van der Waals surface area contributed by atoms with Crippen molar-refractivity contribution in [2.75, 3.05) is 13.2 Å². The minimum atomic E-state index is -2.61. The van der Waals surface area contributed by atoms with E-state index in [1.165, 1.54) is 0 Å². The van der Waals surface area contributed by atoms with E-state index in [0.29, 0.717) is 18.3 Å². The van der Waals surface area contributed by atoms with Gasteiger partial charge in [0.1, 0.15) is 0 Å². The third kappa shape index (κ3) is 4.08. The Bertz CT molecular complexity index is 288. The van der Waals surface area contributed by atoms with E-state index >= 15 is 0 Å². The molecule has 0 amide bonds. The van der Waals surface area contributed by atoms with Gasteiger partial charge in [0, 0.05) is 23.1 Å². The van der Waals surface area contributed by atoms with Gasteiger partial charge in [-0.2, -0.15) is 0 Å². The Hall–Kier alpha value is 0.460. The molecular weight excluding hydrogens is 251 g/mol. The second kappa shape index (κ2) is 4.76. The Morgan fingerprint density at radius 2 is 1.80 bits per heavy atom. The number of hydrogen-bond donors (Lipinski definition) is 0. The van der Waals surface area contributed by atoms with E-state index in [1.54, 1.807) is 0 Å². The van der Waals surface area contributed by atoms with Crippen molar-refractivity contribution in [3.63, 3.8) is 0 Å². The highest BCUT2D eigenvalue weighted by atomic mass is 32.5. The fourth-order valence-corrected chi connectivity index (χ4v) is 3.47. The van der Waals surface area contributed by atoms with Gasteiger partial charge in [-0.1, -0.05) is 27.7 Å². The first-order valence-electron chi connectivity index (χ1n) is 4.87. The normalized spacial score (nSPS) is 23.8. The second-order valence-electron chi connectivity index (χ2n) is 4.72. The molecular formula is C9H17O3PS2. The molecule has 0 aliphatic carbocycles. The Morgan fingerprint density at radius 3 is 2.20 bits per heavy atom. The molecule has 1 heterocycles. The highest BCUT2D eigenvalue weighted by Crippen LogP contribution is 2.55. The first-order chi connectivity index (χ1) is 6.74. The van der Waals surface area contributed by atoms with Gasteiger partial charge >= 0.3 is 6.72 Å². The quantitative estimate of drug-likeness (QED) is 0.566. The molecule has 0 radical (unpaired) electrons. The lowest BCUT2D eigenvalue weighted by molar-refractivity contribution is 0.0391. The third-order valence-corrected chi connectivity index (χ3v) is 4.75. The molecule has 1 saturated heterocycles. The summed E-state index contributed by atoms with van der Waals surface area (Å²) in [6.45, 7) is 6.55. The van der Waals surface area contributed by atoms with Crippen molar-refractivity contribution < 1.29 is 13.6 Å². The topological polar surface area (TPSA) is 27.7 Å². The van der Waals surface area contributed by atoms with Crippen LogP contribution in [0.3, 0.4) is 0 Å². The fraction of sp³-hybridized carbons (Fsp3) is 0.889. The van der Waals surface area contributed by atoms with Gasteiger partial charge in [-0.25, -0.2) is 0 Å². The summed E-state index contributed by atoms with van der Waals surface area (Å²) in [7, 11) is 0. The van der Waals surface area contributed by atoms with Crippen molar-refractivity contribution >= 4 is 35.8 Å². The largest absolute Gasteiger partial charge is 0.417 e. The monoisotopic (exact) mass is 268 g/mol. The van der Waals surface area contributed by atoms with Crippen LogP contribution >= 0.6 is 18.9 Å². The van der Waals surface area contributed by atoms with Crippen LogP contribution in [0.2, 0.25) is 0 Å². The van der Waals surface area contributed by atoms with Crippen LogP contribution in [0, 0.1) is 11.3 Å².